The summed E-state index contributed by atoms with van der Waals surface area (Å²) in [5, 5.41) is 3.80. The van der Waals surface area contributed by atoms with Gasteiger partial charge in [0.05, 0.1) is 5.52 Å². The topological polar surface area (TPSA) is 51.2 Å². The van der Waals surface area contributed by atoms with Crippen molar-refractivity contribution in [2.75, 3.05) is 0 Å². The maximum atomic E-state index is 11.6. The van der Waals surface area contributed by atoms with Gasteiger partial charge in [0.15, 0.2) is 0 Å². The normalized spacial score (nSPS) is 11.3. The van der Waals surface area contributed by atoms with Crippen molar-refractivity contribution in [3.63, 3.8) is 0 Å². The van der Waals surface area contributed by atoms with Gasteiger partial charge in [0.1, 0.15) is 5.60 Å². The van der Waals surface area contributed by atoms with Gasteiger partial charge in [-0.15, -0.1) is 0 Å². The number of carbonyl (C=O) groups excluding carboxylic acids is 1. The van der Waals surface area contributed by atoms with Crippen LogP contribution >= 0.6 is 0 Å². The van der Waals surface area contributed by atoms with E-state index in [1.807, 2.05) is 51.1 Å². The van der Waals surface area contributed by atoms with Gasteiger partial charge in [0.25, 0.3) is 0 Å². The van der Waals surface area contributed by atoms with Crippen LogP contribution in [0.25, 0.3) is 10.9 Å². The van der Waals surface area contributed by atoms with Crippen molar-refractivity contribution in [2.24, 2.45) is 0 Å². The zero-order valence-corrected chi connectivity index (χ0v) is 11.4. The number of rotatable bonds is 2. The number of hydrogen-bond donors (Lipinski definition) is 1. The molecule has 1 aromatic heterocycles. The molecular weight excluding hydrogens is 240 g/mol. The van der Waals surface area contributed by atoms with Gasteiger partial charge in [-0.3, -0.25) is 4.98 Å². The summed E-state index contributed by atoms with van der Waals surface area (Å²) in [5.74, 6) is 0. The SMILES string of the molecule is CC(C)(C)OC(=O)NCc1ccnc2ccccc12. The monoisotopic (exact) mass is 258 g/mol. The van der Waals surface area contributed by atoms with Gasteiger partial charge >= 0.3 is 6.09 Å². The molecule has 4 heteroatoms. The fraction of sp³-hybridized carbons (Fsp3) is 0.333. The number of pyridine rings is 1. The number of hydrogen-bond acceptors (Lipinski definition) is 3. The minimum Gasteiger partial charge on any atom is -0.444 e. The molecule has 0 unspecified atom stereocenters. The zero-order chi connectivity index (χ0) is 13.9. The van der Waals surface area contributed by atoms with Crippen LogP contribution in [0.1, 0.15) is 26.3 Å². The summed E-state index contributed by atoms with van der Waals surface area (Å²) in [4.78, 5) is 15.9. The molecule has 0 bridgehead atoms. The molecule has 1 aromatic carbocycles. The lowest BCUT2D eigenvalue weighted by Gasteiger charge is -2.19. The van der Waals surface area contributed by atoms with Gasteiger partial charge in [-0.1, -0.05) is 18.2 Å². The van der Waals surface area contributed by atoms with Crippen molar-refractivity contribution in [1.29, 1.82) is 0 Å². The third-order valence-electron chi connectivity index (χ3n) is 2.56. The molecule has 1 N–H and O–H groups in total. The summed E-state index contributed by atoms with van der Waals surface area (Å²) >= 11 is 0. The minimum absolute atomic E-state index is 0.409. The van der Waals surface area contributed by atoms with Gasteiger partial charge in [-0.2, -0.15) is 0 Å². The highest BCUT2D eigenvalue weighted by atomic mass is 16.6. The van der Waals surface area contributed by atoms with Crippen LogP contribution in [0, 0.1) is 0 Å². The van der Waals surface area contributed by atoms with E-state index >= 15 is 0 Å². The maximum absolute atomic E-state index is 11.6. The Labute approximate surface area is 112 Å². The van der Waals surface area contributed by atoms with E-state index in [2.05, 4.69) is 10.3 Å². The Hall–Kier alpha value is -2.10. The Kier molecular flexibility index (Phi) is 3.69. The number of nitrogens with one attached hydrogen (secondary N) is 1. The first kappa shape index (κ1) is 13.3. The molecular formula is C15H18N2O2. The summed E-state index contributed by atoms with van der Waals surface area (Å²) < 4.78 is 5.21. The van der Waals surface area contributed by atoms with E-state index in [9.17, 15) is 4.79 Å². The van der Waals surface area contributed by atoms with E-state index in [0.29, 0.717) is 6.54 Å². The molecule has 0 saturated carbocycles. The van der Waals surface area contributed by atoms with Crippen LogP contribution in [-0.2, 0) is 11.3 Å². The Bertz CT molecular complexity index is 583. The van der Waals surface area contributed by atoms with Crippen LogP contribution in [0.2, 0.25) is 0 Å². The largest absolute Gasteiger partial charge is 0.444 e. The molecule has 0 spiro atoms. The molecule has 4 nitrogen and oxygen atoms in total. The van der Waals surface area contributed by atoms with Crippen molar-refractivity contribution in [3.05, 3.63) is 42.1 Å². The molecule has 1 heterocycles. The second kappa shape index (κ2) is 5.26. The average Bonchev–Trinajstić information content (AvgIpc) is 2.34. The Morgan fingerprint density at radius 2 is 2.00 bits per heavy atom. The third-order valence-corrected chi connectivity index (χ3v) is 2.56. The van der Waals surface area contributed by atoms with E-state index in [4.69, 9.17) is 4.74 Å². The van der Waals surface area contributed by atoms with E-state index in [-0.39, 0.29) is 0 Å². The van der Waals surface area contributed by atoms with Crippen molar-refractivity contribution >= 4 is 17.0 Å². The highest BCUT2D eigenvalue weighted by Crippen LogP contribution is 2.16. The minimum atomic E-state index is -0.482. The highest BCUT2D eigenvalue weighted by molar-refractivity contribution is 5.82. The molecule has 0 saturated heterocycles. The molecule has 2 aromatic rings. The van der Waals surface area contributed by atoms with E-state index in [1.165, 1.54) is 0 Å². The zero-order valence-electron chi connectivity index (χ0n) is 11.4. The summed E-state index contributed by atoms with van der Waals surface area (Å²) in [7, 11) is 0. The van der Waals surface area contributed by atoms with Gasteiger partial charge in [0.2, 0.25) is 0 Å². The summed E-state index contributed by atoms with van der Waals surface area (Å²) in [6.45, 7) is 5.95. The molecule has 0 radical (unpaired) electrons. The Balaban J connectivity index is 2.08. The number of alkyl carbamates (subject to hydrolysis) is 1. The lowest BCUT2D eigenvalue weighted by atomic mass is 10.1. The van der Waals surface area contributed by atoms with Gasteiger partial charge in [-0.05, 0) is 38.5 Å². The third kappa shape index (κ3) is 3.68. The van der Waals surface area contributed by atoms with E-state index in [0.717, 1.165) is 16.5 Å². The van der Waals surface area contributed by atoms with Crippen LogP contribution < -0.4 is 5.32 Å². The molecule has 0 aliphatic heterocycles. The number of benzene rings is 1. The molecule has 2 rings (SSSR count). The quantitative estimate of drug-likeness (QED) is 0.899. The predicted molar refractivity (Wildman–Crippen MR) is 74.8 cm³/mol. The molecule has 19 heavy (non-hydrogen) atoms. The fourth-order valence-electron chi connectivity index (χ4n) is 1.79. The number of amides is 1. The summed E-state index contributed by atoms with van der Waals surface area (Å²) in [5.41, 5.74) is 1.46. The number of nitrogens with zero attached hydrogens (tertiary/aromatic N) is 1. The van der Waals surface area contributed by atoms with Crippen molar-refractivity contribution in [1.82, 2.24) is 10.3 Å². The van der Waals surface area contributed by atoms with Gasteiger partial charge in [-0.25, -0.2) is 4.79 Å². The Morgan fingerprint density at radius 1 is 1.26 bits per heavy atom. The Morgan fingerprint density at radius 3 is 2.74 bits per heavy atom. The van der Waals surface area contributed by atoms with Crippen LogP contribution in [0.15, 0.2) is 36.5 Å². The second-order valence-corrected chi connectivity index (χ2v) is 5.34. The van der Waals surface area contributed by atoms with Crippen molar-refractivity contribution in [3.8, 4) is 0 Å². The number of aromatic nitrogens is 1. The predicted octanol–water partition coefficient (Wildman–Crippen LogP) is 3.26. The highest BCUT2D eigenvalue weighted by Gasteiger charge is 2.15. The second-order valence-electron chi connectivity index (χ2n) is 5.34. The van der Waals surface area contributed by atoms with Crippen LogP contribution in [0.5, 0.6) is 0 Å². The van der Waals surface area contributed by atoms with Crippen molar-refractivity contribution in [2.45, 2.75) is 32.9 Å². The first-order valence-electron chi connectivity index (χ1n) is 6.25. The number of fused-ring (bicyclic) bond motifs is 1. The summed E-state index contributed by atoms with van der Waals surface area (Å²) in [6, 6.07) is 9.75. The lowest BCUT2D eigenvalue weighted by molar-refractivity contribution is 0.0524. The first-order valence-corrected chi connectivity index (χ1v) is 6.25. The standard InChI is InChI=1S/C15H18N2O2/c1-15(2,3)19-14(18)17-10-11-8-9-16-13-7-5-4-6-12(11)13/h4-9H,10H2,1-3H3,(H,17,18). The number of ether oxygens (including phenoxy) is 1. The molecule has 0 aliphatic carbocycles. The van der Waals surface area contributed by atoms with Crippen LogP contribution in [-0.4, -0.2) is 16.7 Å². The van der Waals surface area contributed by atoms with Crippen LogP contribution in [0.4, 0.5) is 4.79 Å². The molecule has 0 atom stereocenters. The lowest BCUT2D eigenvalue weighted by Crippen LogP contribution is -2.32. The first-order chi connectivity index (χ1) is 8.96. The number of carbonyl (C=O) groups is 1. The van der Waals surface area contributed by atoms with Gasteiger partial charge < -0.3 is 10.1 Å². The fourth-order valence-corrected chi connectivity index (χ4v) is 1.79. The molecule has 100 valence electrons. The van der Waals surface area contributed by atoms with E-state index in [1.54, 1.807) is 6.20 Å². The molecule has 0 aliphatic rings. The van der Waals surface area contributed by atoms with Gasteiger partial charge in [0, 0.05) is 18.1 Å². The van der Waals surface area contributed by atoms with Crippen LogP contribution in [0.3, 0.4) is 0 Å². The molecule has 0 fully saturated rings. The smallest absolute Gasteiger partial charge is 0.407 e. The van der Waals surface area contributed by atoms with E-state index < -0.39 is 11.7 Å². The average molecular weight is 258 g/mol. The summed E-state index contributed by atoms with van der Waals surface area (Å²) in [6.07, 6.45) is 1.34. The molecule has 1 amide bonds. The maximum Gasteiger partial charge on any atom is 0.407 e. The van der Waals surface area contributed by atoms with Crippen molar-refractivity contribution < 1.29 is 9.53 Å². The number of para-hydroxylation sites is 1.